The first kappa shape index (κ1) is 15.3. The molecule has 1 aromatic rings. The molecule has 118 valence electrons. The van der Waals surface area contributed by atoms with Crippen molar-refractivity contribution in [3.05, 3.63) is 41.7 Å². The molecule has 0 bridgehead atoms. The van der Waals surface area contributed by atoms with Crippen molar-refractivity contribution in [1.29, 1.82) is 0 Å². The van der Waals surface area contributed by atoms with Crippen LogP contribution in [0.25, 0.3) is 0 Å². The van der Waals surface area contributed by atoms with Gasteiger partial charge in [-0.1, -0.05) is 31.6 Å². The zero-order valence-corrected chi connectivity index (χ0v) is 14.0. The summed E-state index contributed by atoms with van der Waals surface area (Å²) in [6.45, 7) is 9.36. The first-order valence-electron chi connectivity index (χ1n) is 8.25. The highest BCUT2D eigenvalue weighted by molar-refractivity contribution is 5.84. The molecule has 1 amide bonds. The summed E-state index contributed by atoms with van der Waals surface area (Å²) in [7, 11) is 0. The second-order valence-electron chi connectivity index (χ2n) is 7.63. The van der Waals surface area contributed by atoms with Crippen LogP contribution in [0.15, 0.2) is 36.2 Å². The van der Waals surface area contributed by atoms with Crippen LogP contribution in [0, 0.1) is 17.3 Å². The number of hydrogen-bond acceptors (Lipinski definition) is 2. The molecule has 3 rings (SSSR count). The van der Waals surface area contributed by atoms with E-state index in [9.17, 15) is 4.79 Å². The van der Waals surface area contributed by atoms with E-state index in [4.69, 9.17) is 0 Å². The molecule has 1 aromatic heterocycles. The molecule has 0 spiro atoms. The van der Waals surface area contributed by atoms with Crippen LogP contribution < -0.4 is 0 Å². The molecule has 2 aliphatic rings. The number of hydrogen-bond donors (Lipinski definition) is 0. The Morgan fingerprint density at radius 3 is 2.68 bits per heavy atom. The van der Waals surface area contributed by atoms with Crippen molar-refractivity contribution < 1.29 is 4.79 Å². The Labute approximate surface area is 133 Å². The van der Waals surface area contributed by atoms with Crippen molar-refractivity contribution in [2.24, 2.45) is 17.3 Å². The monoisotopic (exact) mass is 298 g/mol. The van der Waals surface area contributed by atoms with Crippen molar-refractivity contribution in [3.8, 4) is 0 Å². The highest BCUT2D eigenvalue weighted by atomic mass is 16.2. The zero-order chi connectivity index (χ0) is 15.9. The highest BCUT2D eigenvalue weighted by Crippen LogP contribution is 2.60. The number of carbonyl (C=O) groups excluding carboxylic acids is 1. The second-order valence-corrected chi connectivity index (χ2v) is 7.63. The third-order valence-electron chi connectivity index (χ3n) is 5.04. The Bertz CT molecular complexity index is 583. The molecule has 0 radical (unpaired) electrons. The predicted molar refractivity (Wildman–Crippen MR) is 88.0 cm³/mol. The largest absolute Gasteiger partial charge is 0.335 e. The molecule has 0 aromatic carbocycles. The van der Waals surface area contributed by atoms with Crippen molar-refractivity contribution in [1.82, 2.24) is 9.88 Å². The SMILES string of the molecule is CC(C)=C[C@H]1[C@@H](C(=O)N(Cc2cccnc2)C2CC2)C1(C)C. The van der Waals surface area contributed by atoms with Crippen molar-refractivity contribution in [2.45, 2.75) is 53.1 Å². The molecular weight excluding hydrogens is 272 g/mol. The predicted octanol–water partition coefficient (Wildman–Crippen LogP) is 3.81. The van der Waals surface area contributed by atoms with Crippen LogP contribution >= 0.6 is 0 Å². The number of pyridine rings is 1. The van der Waals surface area contributed by atoms with Gasteiger partial charge in [-0.05, 0) is 49.7 Å². The lowest BCUT2D eigenvalue weighted by Crippen LogP contribution is -2.35. The van der Waals surface area contributed by atoms with E-state index >= 15 is 0 Å². The molecule has 0 aliphatic heterocycles. The van der Waals surface area contributed by atoms with Gasteiger partial charge in [0.25, 0.3) is 0 Å². The Kier molecular flexibility index (Phi) is 3.84. The molecule has 3 heteroatoms. The normalized spacial score (nSPS) is 25.5. The van der Waals surface area contributed by atoms with E-state index in [-0.39, 0.29) is 11.3 Å². The van der Waals surface area contributed by atoms with Gasteiger partial charge < -0.3 is 4.90 Å². The lowest BCUT2D eigenvalue weighted by Gasteiger charge is -2.23. The molecule has 0 N–H and O–H groups in total. The van der Waals surface area contributed by atoms with Gasteiger partial charge in [-0.25, -0.2) is 0 Å². The Balaban J connectivity index is 1.75. The number of aromatic nitrogens is 1. The molecule has 2 saturated carbocycles. The van der Waals surface area contributed by atoms with Crippen LogP contribution in [-0.4, -0.2) is 21.8 Å². The van der Waals surface area contributed by atoms with Gasteiger partial charge in [-0.3, -0.25) is 9.78 Å². The van der Waals surface area contributed by atoms with Crippen molar-refractivity contribution in [2.75, 3.05) is 0 Å². The summed E-state index contributed by atoms with van der Waals surface area (Å²) in [6.07, 6.45) is 8.21. The van der Waals surface area contributed by atoms with Gasteiger partial charge in [-0.2, -0.15) is 0 Å². The minimum absolute atomic E-state index is 0.0937. The van der Waals surface area contributed by atoms with Gasteiger partial charge >= 0.3 is 0 Å². The van der Waals surface area contributed by atoms with Gasteiger partial charge in [0.15, 0.2) is 0 Å². The molecule has 2 fully saturated rings. The van der Waals surface area contributed by atoms with E-state index in [1.807, 2.05) is 12.3 Å². The molecular formula is C19H26N2O. The summed E-state index contributed by atoms with van der Waals surface area (Å²) < 4.78 is 0. The standard InChI is InChI=1S/C19H26N2O/c1-13(2)10-16-17(19(16,3)4)18(22)21(15-7-8-15)12-14-6-5-9-20-11-14/h5-6,9-11,15-17H,7-8,12H2,1-4H3/t16-,17-/m0/s1. The van der Waals surface area contributed by atoms with Gasteiger partial charge in [0.2, 0.25) is 5.91 Å². The van der Waals surface area contributed by atoms with E-state index in [0.717, 1.165) is 18.4 Å². The number of nitrogens with zero attached hydrogens (tertiary/aromatic N) is 2. The van der Waals surface area contributed by atoms with E-state index < -0.39 is 0 Å². The lowest BCUT2D eigenvalue weighted by atomic mass is 10.1. The number of allylic oxidation sites excluding steroid dienone is 2. The molecule has 0 saturated heterocycles. The maximum atomic E-state index is 13.1. The topological polar surface area (TPSA) is 33.2 Å². The van der Waals surface area contributed by atoms with Crippen molar-refractivity contribution >= 4 is 5.91 Å². The Morgan fingerprint density at radius 1 is 1.41 bits per heavy atom. The van der Waals surface area contributed by atoms with E-state index in [2.05, 4.69) is 49.7 Å². The molecule has 2 aliphatic carbocycles. The quantitative estimate of drug-likeness (QED) is 0.774. The third-order valence-corrected chi connectivity index (χ3v) is 5.04. The summed E-state index contributed by atoms with van der Waals surface area (Å²) in [4.78, 5) is 19.3. The van der Waals surface area contributed by atoms with Gasteiger partial charge in [0.05, 0.1) is 5.92 Å². The maximum absolute atomic E-state index is 13.1. The first-order valence-corrected chi connectivity index (χ1v) is 8.25. The average Bonchev–Trinajstić information content (AvgIpc) is 3.35. The molecule has 22 heavy (non-hydrogen) atoms. The molecule has 1 heterocycles. The van der Waals surface area contributed by atoms with Crippen LogP contribution in [0.4, 0.5) is 0 Å². The molecule has 3 nitrogen and oxygen atoms in total. The minimum Gasteiger partial charge on any atom is -0.335 e. The number of rotatable bonds is 5. The van der Waals surface area contributed by atoms with Crippen LogP contribution in [0.3, 0.4) is 0 Å². The summed E-state index contributed by atoms with van der Waals surface area (Å²) >= 11 is 0. The fourth-order valence-corrected chi connectivity index (χ4v) is 3.46. The van der Waals surface area contributed by atoms with Crippen LogP contribution in [0.2, 0.25) is 0 Å². The molecule has 2 atom stereocenters. The van der Waals surface area contributed by atoms with Gasteiger partial charge in [0.1, 0.15) is 0 Å². The summed E-state index contributed by atoms with van der Waals surface area (Å²) in [5.74, 6) is 0.860. The summed E-state index contributed by atoms with van der Waals surface area (Å²) in [5.41, 5.74) is 2.52. The van der Waals surface area contributed by atoms with Gasteiger partial charge in [-0.15, -0.1) is 0 Å². The van der Waals surface area contributed by atoms with Crippen LogP contribution in [0.5, 0.6) is 0 Å². The Morgan fingerprint density at radius 2 is 2.14 bits per heavy atom. The maximum Gasteiger partial charge on any atom is 0.227 e. The first-order chi connectivity index (χ1) is 10.4. The smallest absolute Gasteiger partial charge is 0.227 e. The van der Waals surface area contributed by atoms with Crippen molar-refractivity contribution in [3.63, 3.8) is 0 Å². The zero-order valence-electron chi connectivity index (χ0n) is 14.0. The van der Waals surface area contributed by atoms with E-state index in [1.54, 1.807) is 6.20 Å². The highest BCUT2D eigenvalue weighted by Gasteiger charge is 2.61. The van der Waals surface area contributed by atoms with Crippen LogP contribution in [-0.2, 0) is 11.3 Å². The summed E-state index contributed by atoms with van der Waals surface area (Å²) in [6, 6.07) is 4.44. The average molecular weight is 298 g/mol. The molecule has 0 unspecified atom stereocenters. The number of carbonyl (C=O) groups is 1. The van der Waals surface area contributed by atoms with E-state index in [0.29, 0.717) is 24.4 Å². The fraction of sp³-hybridized carbons (Fsp3) is 0.579. The van der Waals surface area contributed by atoms with Crippen LogP contribution in [0.1, 0.15) is 46.1 Å². The third kappa shape index (κ3) is 2.94. The van der Waals surface area contributed by atoms with E-state index in [1.165, 1.54) is 5.57 Å². The number of amides is 1. The second kappa shape index (κ2) is 5.53. The minimum atomic E-state index is 0.0937. The lowest BCUT2D eigenvalue weighted by molar-refractivity contribution is -0.134. The van der Waals surface area contributed by atoms with Gasteiger partial charge in [0, 0.05) is 25.0 Å². The fourth-order valence-electron chi connectivity index (χ4n) is 3.46. The Hall–Kier alpha value is -1.64. The summed E-state index contributed by atoms with van der Waals surface area (Å²) in [5, 5.41) is 0.